The van der Waals surface area contributed by atoms with Crippen LogP contribution >= 0.6 is 0 Å². The third-order valence-electron chi connectivity index (χ3n) is 6.75. The maximum atomic E-state index is 2.39. The molecular formula is C32H22N2. The number of benzene rings is 5. The summed E-state index contributed by atoms with van der Waals surface area (Å²) in [5.41, 5.74) is 8.50. The van der Waals surface area contributed by atoms with Gasteiger partial charge in [-0.2, -0.15) is 0 Å². The van der Waals surface area contributed by atoms with Gasteiger partial charge < -0.3 is 9.13 Å². The molecule has 2 nitrogen and oxygen atoms in total. The highest BCUT2D eigenvalue weighted by Crippen LogP contribution is 2.38. The fourth-order valence-electron chi connectivity index (χ4n) is 5.20. The van der Waals surface area contributed by atoms with Crippen molar-refractivity contribution in [3.8, 4) is 22.5 Å². The second-order valence-corrected chi connectivity index (χ2v) is 8.68. The fraction of sp³-hybridized carbons (Fsp3) is 0. The molecule has 7 aromatic rings. The molecule has 0 radical (unpaired) electrons. The predicted molar refractivity (Wildman–Crippen MR) is 143 cm³/mol. The molecule has 2 heterocycles. The van der Waals surface area contributed by atoms with Gasteiger partial charge in [-0.05, 0) is 53.6 Å². The van der Waals surface area contributed by atoms with Crippen molar-refractivity contribution in [3.05, 3.63) is 134 Å². The molecule has 0 amide bonds. The summed E-state index contributed by atoms with van der Waals surface area (Å²) in [7, 11) is 0. The van der Waals surface area contributed by atoms with Crippen molar-refractivity contribution in [1.29, 1.82) is 0 Å². The largest absolute Gasteiger partial charge is 0.316 e. The molecule has 0 saturated carbocycles. The molecule has 2 aromatic heterocycles. The van der Waals surface area contributed by atoms with Crippen molar-refractivity contribution in [2.45, 2.75) is 0 Å². The van der Waals surface area contributed by atoms with Crippen LogP contribution in [0.4, 0.5) is 0 Å². The SMILES string of the molecule is c1ccc(-c2ccc(-n3c4ccccc4c4c5c(ccc43)ccn5-c3ccccc3)cc2)cc1. The van der Waals surface area contributed by atoms with E-state index in [1.807, 2.05) is 0 Å². The second kappa shape index (κ2) is 7.50. The molecule has 2 heteroatoms. The summed E-state index contributed by atoms with van der Waals surface area (Å²) in [6.07, 6.45) is 2.18. The van der Waals surface area contributed by atoms with E-state index in [0.717, 1.165) is 0 Å². The molecule has 0 fully saturated rings. The molecule has 0 bridgehead atoms. The van der Waals surface area contributed by atoms with Crippen LogP contribution in [0.3, 0.4) is 0 Å². The molecule has 0 aliphatic heterocycles. The van der Waals surface area contributed by atoms with Gasteiger partial charge in [0.15, 0.2) is 0 Å². The maximum Gasteiger partial charge on any atom is 0.0628 e. The molecule has 0 aliphatic carbocycles. The Balaban J connectivity index is 1.52. The van der Waals surface area contributed by atoms with Crippen LogP contribution in [0.1, 0.15) is 0 Å². The zero-order chi connectivity index (χ0) is 22.5. The summed E-state index contributed by atoms with van der Waals surface area (Å²) in [4.78, 5) is 0. The normalized spacial score (nSPS) is 11.5. The van der Waals surface area contributed by atoms with E-state index in [2.05, 4.69) is 143 Å². The molecule has 5 aromatic carbocycles. The molecule has 160 valence electrons. The standard InChI is InChI=1S/C32H22N2/c1-3-9-23(10-4-1)24-15-18-27(19-16-24)34-29-14-8-7-13-28(29)31-30(34)20-17-25-21-22-33(32(25)31)26-11-5-2-6-12-26/h1-22H. The van der Waals surface area contributed by atoms with Gasteiger partial charge in [-0.3, -0.25) is 0 Å². The van der Waals surface area contributed by atoms with Crippen LogP contribution in [0.15, 0.2) is 134 Å². The van der Waals surface area contributed by atoms with Crippen LogP contribution < -0.4 is 0 Å². The van der Waals surface area contributed by atoms with Gasteiger partial charge in [-0.15, -0.1) is 0 Å². The van der Waals surface area contributed by atoms with E-state index in [1.54, 1.807) is 0 Å². The number of rotatable bonds is 3. The summed E-state index contributed by atoms with van der Waals surface area (Å²) in [6, 6.07) is 45.5. The Bertz CT molecular complexity index is 1770. The molecule has 0 N–H and O–H groups in total. The van der Waals surface area contributed by atoms with Crippen molar-refractivity contribution in [1.82, 2.24) is 9.13 Å². The fourth-order valence-corrected chi connectivity index (χ4v) is 5.20. The lowest BCUT2D eigenvalue weighted by Crippen LogP contribution is -1.94. The molecule has 7 rings (SSSR count). The Morgan fingerprint density at radius 1 is 0.441 bits per heavy atom. The summed E-state index contributed by atoms with van der Waals surface area (Å²) in [5, 5.41) is 3.80. The zero-order valence-corrected chi connectivity index (χ0v) is 18.6. The Hall–Kier alpha value is -4.56. The highest BCUT2D eigenvalue weighted by Gasteiger charge is 2.17. The van der Waals surface area contributed by atoms with Crippen molar-refractivity contribution < 1.29 is 0 Å². The molecule has 0 aliphatic rings. The van der Waals surface area contributed by atoms with Gasteiger partial charge in [0.1, 0.15) is 0 Å². The van der Waals surface area contributed by atoms with E-state index in [4.69, 9.17) is 0 Å². The Morgan fingerprint density at radius 2 is 1.12 bits per heavy atom. The summed E-state index contributed by atoms with van der Waals surface area (Å²) in [5.74, 6) is 0. The summed E-state index contributed by atoms with van der Waals surface area (Å²) < 4.78 is 4.70. The van der Waals surface area contributed by atoms with Crippen LogP contribution in [0.25, 0.3) is 55.2 Å². The van der Waals surface area contributed by atoms with Gasteiger partial charge in [0.2, 0.25) is 0 Å². The third-order valence-corrected chi connectivity index (χ3v) is 6.75. The highest BCUT2D eigenvalue weighted by molar-refractivity contribution is 6.20. The maximum absolute atomic E-state index is 2.39. The van der Waals surface area contributed by atoms with Crippen molar-refractivity contribution in [3.63, 3.8) is 0 Å². The summed E-state index contributed by atoms with van der Waals surface area (Å²) >= 11 is 0. The van der Waals surface area contributed by atoms with E-state index in [1.165, 1.54) is 55.2 Å². The first-order valence-corrected chi connectivity index (χ1v) is 11.6. The van der Waals surface area contributed by atoms with Crippen molar-refractivity contribution >= 4 is 32.7 Å². The van der Waals surface area contributed by atoms with E-state index < -0.39 is 0 Å². The van der Waals surface area contributed by atoms with Crippen LogP contribution in [-0.2, 0) is 0 Å². The monoisotopic (exact) mass is 434 g/mol. The quantitative estimate of drug-likeness (QED) is 0.264. The van der Waals surface area contributed by atoms with Gasteiger partial charge in [0.25, 0.3) is 0 Å². The van der Waals surface area contributed by atoms with Crippen molar-refractivity contribution in [2.24, 2.45) is 0 Å². The summed E-state index contributed by atoms with van der Waals surface area (Å²) in [6.45, 7) is 0. The molecule has 0 atom stereocenters. The number of para-hydroxylation sites is 2. The lowest BCUT2D eigenvalue weighted by molar-refractivity contribution is 1.13. The van der Waals surface area contributed by atoms with Gasteiger partial charge in [0, 0.05) is 33.7 Å². The first-order valence-electron chi connectivity index (χ1n) is 11.6. The van der Waals surface area contributed by atoms with E-state index in [9.17, 15) is 0 Å². The molecule has 34 heavy (non-hydrogen) atoms. The van der Waals surface area contributed by atoms with E-state index >= 15 is 0 Å². The smallest absolute Gasteiger partial charge is 0.0628 e. The minimum absolute atomic E-state index is 1.17. The Morgan fingerprint density at radius 3 is 1.91 bits per heavy atom. The molecule has 0 spiro atoms. The average molecular weight is 435 g/mol. The third kappa shape index (κ3) is 2.82. The zero-order valence-electron chi connectivity index (χ0n) is 18.6. The minimum Gasteiger partial charge on any atom is -0.316 e. The Kier molecular flexibility index (Phi) is 4.18. The van der Waals surface area contributed by atoms with Crippen LogP contribution in [-0.4, -0.2) is 9.13 Å². The van der Waals surface area contributed by atoms with Gasteiger partial charge >= 0.3 is 0 Å². The first-order chi connectivity index (χ1) is 16.9. The van der Waals surface area contributed by atoms with E-state index in [-0.39, 0.29) is 0 Å². The Labute approximate surface area is 197 Å². The van der Waals surface area contributed by atoms with Gasteiger partial charge in [-0.25, -0.2) is 0 Å². The second-order valence-electron chi connectivity index (χ2n) is 8.68. The first kappa shape index (κ1) is 19.0. The van der Waals surface area contributed by atoms with Crippen molar-refractivity contribution in [2.75, 3.05) is 0 Å². The average Bonchev–Trinajstić information content (AvgIpc) is 3.49. The van der Waals surface area contributed by atoms with Crippen LogP contribution in [0.2, 0.25) is 0 Å². The number of nitrogens with zero attached hydrogens (tertiary/aromatic N) is 2. The number of hydrogen-bond donors (Lipinski definition) is 0. The minimum atomic E-state index is 1.17. The molecular weight excluding hydrogens is 412 g/mol. The molecule has 0 unspecified atom stereocenters. The number of fused-ring (bicyclic) bond motifs is 5. The lowest BCUT2D eigenvalue weighted by atomic mass is 10.1. The van der Waals surface area contributed by atoms with Gasteiger partial charge in [0.05, 0.1) is 16.6 Å². The number of aromatic nitrogens is 2. The number of hydrogen-bond acceptors (Lipinski definition) is 0. The predicted octanol–water partition coefficient (Wildman–Crippen LogP) is 8.39. The van der Waals surface area contributed by atoms with Gasteiger partial charge in [-0.1, -0.05) is 84.9 Å². The van der Waals surface area contributed by atoms with Crippen LogP contribution in [0, 0.1) is 0 Å². The molecule has 0 saturated heterocycles. The highest BCUT2D eigenvalue weighted by atomic mass is 15.0. The van der Waals surface area contributed by atoms with E-state index in [0.29, 0.717) is 0 Å². The van der Waals surface area contributed by atoms with Crippen LogP contribution in [0.5, 0.6) is 0 Å². The lowest BCUT2D eigenvalue weighted by Gasteiger charge is -2.10. The topological polar surface area (TPSA) is 9.86 Å².